The molecule has 0 aliphatic carbocycles. The molecule has 92 valence electrons. The standard InChI is InChI=1S/C13H18ClN3/c1-3-5-10(4-2)17-12-7-6-9(14)8-11(12)16-13(17)15/h6-8,10H,3-5H2,1-2H3,(H2,15,16). The van der Waals surface area contributed by atoms with Gasteiger partial charge in [-0.1, -0.05) is 31.9 Å². The molecule has 4 heteroatoms. The molecule has 1 heterocycles. The van der Waals surface area contributed by atoms with E-state index in [1.807, 2.05) is 18.2 Å². The van der Waals surface area contributed by atoms with Gasteiger partial charge in [0, 0.05) is 11.1 Å². The summed E-state index contributed by atoms with van der Waals surface area (Å²) in [7, 11) is 0. The van der Waals surface area contributed by atoms with Gasteiger partial charge in [-0.3, -0.25) is 0 Å². The third kappa shape index (κ3) is 2.25. The minimum atomic E-state index is 0.422. The molecule has 1 atom stereocenters. The van der Waals surface area contributed by atoms with E-state index in [2.05, 4.69) is 23.4 Å². The summed E-state index contributed by atoms with van der Waals surface area (Å²) in [6, 6.07) is 6.17. The van der Waals surface area contributed by atoms with Gasteiger partial charge in [0.1, 0.15) is 0 Å². The first-order valence-electron chi connectivity index (χ1n) is 6.10. The first-order chi connectivity index (χ1) is 8.17. The van der Waals surface area contributed by atoms with Crippen molar-refractivity contribution in [1.29, 1.82) is 0 Å². The molecule has 3 nitrogen and oxygen atoms in total. The zero-order valence-electron chi connectivity index (χ0n) is 10.3. The van der Waals surface area contributed by atoms with Crippen LogP contribution in [0.4, 0.5) is 5.95 Å². The van der Waals surface area contributed by atoms with Crippen molar-refractivity contribution in [2.24, 2.45) is 0 Å². The number of halogens is 1. The summed E-state index contributed by atoms with van der Waals surface area (Å²) in [5.74, 6) is 0.586. The molecular formula is C13H18ClN3. The van der Waals surface area contributed by atoms with Crippen molar-refractivity contribution in [2.45, 2.75) is 39.2 Å². The van der Waals surface area contributed by atoms with Crippen LogP contribution in [-0.2, 0) is 0 Å². The van der Waals surface area contributed by atoms with E-state index in [1.54, 1.807) is 0 Å². The highest BCUT2D eigenvalue weighted by Gasteiger charge is 2.15. The SMILES string of the molecule is CCCC(CC)n1c(N)nc2cc(Cl)ccc21. The highest BCUT2D eigenvalue weighted by atomic mass is 35.5. The molecule has 2 rings (SSSR count). The van der Waals surface area contributed by atoms with Gasteiger partial charge in [-0.2, -0.15) is 0 Å². The van der Waals surface area contributed by atoms with E-state index in [-0.39, 0.29) is 0 Å². The summed E-state index contributed by atoms with van der Waals surface area (Å²) >= 11 is 5.96. The van der Waals surface area contributed by atoms with Gasteiger partial charge in [-0.05, 0) is 31.0 Å². The minimum absolute atomic E-state index is 0.422. The lowest BCUT2D eigenvalue weighted by atomic mass is 10.1. The lowest BCUT2D eigenvalue weighted by molar-refractivity contribution is 0.463. The second-order valence-corrected chi connectivity index (χ2v) is 4.76. The number of hydrogen-bond acceptors (Lipinski definition) is 2. The van der Waals surface area contributed by atoms with E-state index in [9.17, 15) is 0 Å². The molecule has 0 saturated carbocycles. The van der Waals surface area contributed by atoms with Gasteiger partial charge in [0.15, 0.2) is 0 Å². The van der Waals surface area contributed by atoms with E-state index in [1.165, 1.54) is 0 Å². The summed E-state index contributed by atoms with van der Waals surface area (Å²) in [5, 5.41) is 0.700. The zero-order chi connectivity index (χ0) is 12.4. The van der Waals surface area contributed by atoms with Crippen LogP contribution in [0.15, 0.2) is 18.2 Å². The van der Waals surface area contributed by atoms with Crippen molar-refractivity contribution in [3.63, 3.8) is 0 Å². The van der Waals surface area contributed by atoms with E-state index < -0.39 is 0 Å². The quantitative estimate of drug-likeness (QED) is 0.892. The number of imidazole rings is 1. The Hall–Kier alpha value is -1.22. The smallest absolute Gasteiger partial charge is 0.201 e. The Morgan fingerprint density at radius 3 is 2.82 bits per heavy atom. The Morgan fingerprint density at radius 2 is 2.18 bits per heavy atom. The molecule has 0 spiro atoms. The van der Waals surface area contributed by atoms with Crippen LogP contribution < -0.4 is 5.73 Å². The Labute approximate surface area is 107 Å². The molecular weight excluding hydrogens is 234 g/mol. The van der Waals surface area contributed by atoms with E-state index in [4.69, 9.17) is 17.3 Å². The fraction of sp³-hybridized carbons (Fsp3) is 0.462. The van der Waals surface area contributed by atoms with Crippen LogP contribution in [0.2, 0.25) is 5.02 Å². The maximum absolute atomic E-state index is 6.02. The second-order valence-electron chi connectivity index (χ2n) is 4.32. The minimum Gasteiger partial charge on any atom is -0.369 e. The maximum atomic E-state index is 6.02. The van der Waals surface area contributed by atoms with Crippen LogP contribution in [0, 0.1) is 0 Å². The zero-order valence-corrected chi connectivity index (χ0v) is 11.0. The molecule has 17 heavy (non-hydrogen) atoms. The van der Waals surface area contributed by atoms with Crippen molar-refractivity contribution in [3.8, 4) is 0 Å². The Morgan fingerprint density at radius 1 is 1.41 bits per heavy atom. The third-order valence-corrected chi connectivity index (χ3v) is 3.37. The van der Waals surface area contributed by atoms with Gasteiger partial charge in [0.25, 0.3) is 0 Å². The fourth-order valence-corrected chi connectivity index (χ4v) is 2.49. The first kappa shape index (κ1) is 12.2. The molecule has 1 aromatic carbocycles. The Kier molecular flexibility index (Phi) is 3.57. The third-order valence-electron chi connectivity index (χ3n) is 3.14. The number of aromatic nitrogens is 2. The average Bonchev–Trinajstić information content (AvgIpc) is 2.61. The summed E-state index contributed by atoms with van der Waals surface area (Å²) in [6.07, 6.45) is 3.33. The van der Waals surface area contributed by atoms with Crippen LogP contribution in [-0.4, -0.2) is 9.55 Å². The molecule has 0 saturated heterocycles. The molecule has 2 N–H and O–H groups in total. The van der Waals surface area contributed by atoms with Crippen molar-refractivity contribution in [1.82, 2.24) is 9.55 Å². The number of anilines is 1. The number of rotatable bonds is 4. The molecule has 0 aliphatic heterocycles. The fourth-order valence-electron chi connectivity index (χ4n) is 2.32. The molecule has 0 amide bonds. The van der Waals surface area contributed by atoms with Crippen LogP contribution >= 0.6 is 11.6 Å². The van der Waals surface area contributed by atoms with Crippen molar-refractivity contribution in [2.75, 3.05) is 5.73 Å². The van der Waals surface area contributed by atoms with Gasteiger partial charge in [-0.25, -0.2) is 4.98 Å². The van der Waals surface area contributed by atoms with Gasteiger partial charge in [0.05, 0.1) is 11.0 Å². The first-order valence-corrected chi connectivity index (χ1v) is 6.48. The lowest BCUT2D eigenvalue weighted by Crippen LogP contribution is -2.10. The van der Waals surface area contributed by atoms with Crippen molar-refractivity contribution in [3.05, 3.63) is 23.2 Å². The molecule has 1 aromatic heterocycles. The van der Waals surface area contributed by atoms with Crippen LogP contribution in [0.1, 0.15) is 39.2 Å². The van der Waals surface area contributed by atoms with Gasteiger partial charge in [0.2, 0.25) is 5.95 Å². The molecule has 2 aromatic rings. The van der Waals surface area contributed by atoms with E-state index >= 15 is 0 Å². The molecule has 0 radical (unpaired) electrons. The number of benzene rings is 1. The van der Waals surface area contributed by atoms with Crippen molar-refractivity contribution < 1.29 is 0 Å². The van der Waals surface area contributed by atoms with Crippen LogP contribution in [0.3, 0.4) is 0 Å². The average molecular weight is 252 g/mol. The number of hydrogen-bond donors (Lipinski definition) is 1. The number of nitrogen functional groups attached to an aromatic ring is 1. The topological polar surface area (TPSA) is 43.8 Å². The molecule has 0 aliphatic rings. The lowest BCUT2D eigenvalue weighted by Gasteiger charge is -2.18. The normalized spacial score (nSPS) is 13.1. The van der Waals surface area contributed by atoms with E-state index in [0.29, 0.717) is 17.0 Å². The predicted molar refractivity (Wildman–Crippen MR) is 73.4 cm³/mol. The summed E-state index contributed by atoms with van der Waals surface area (Å²) in [6.45, 7) is 4.37. The van der Waals surface area contributed by atoms with Gasteiger partial charge in [-0.15, -0.1) is 0 Å². The number of nitrogens with two attached hydrogens (primary N) is 1. The van der Waals surface area contributed by atoms with Gasteiger partial charge < -0.3 is 10.3 Å². The van der Waals surface area contributed by atoms with Crippen LogP contribution in [0.5, 0.6) is 0 Å². The highest BCUT2D eigenvalue weighted by molar-refractivity contribution is 6.31. The maximum Gasteiger partial charge on any atom is 0.201 e. The van der Waals surface area contributed by atoms with Gasteiger partial charge >= 0.3 is 0 Å². The molecule has 0 bridgehead atoms. The highest BCUT2D eigenvalue weighted by Crippen LogP contribution is 2.29. The number of nitrogens with zero attached hydrogens (tertiary/aromatic N) is 2. The summed E-state index contributed by atoms with van der Waals surface area (Å²) < 4.78 is 2.13. The molecule has 1 unspecified atom stereocenters. The predicted octanol–water partition coefficient (Wildman–Crippen LogP) is 4.02. The second kappa shape index (κ2) is 4.96. The number of fused-ring (bicyclic) bond motifs is 1. The Bertz CT molecular complexity index is 519. The monoisotopic (exact) mass is 251 g/mol. The largest absolute Gasteiger partial charge is 0.369 e. The van der Waals surface area contributed by atoms with E-state index in [0.717, 1.165) is 30.3 Å². The molecule has 0 fully saturated rings. The summed E-state index contributed by atoms with van der Waals surface area (Å²) in [5.41, 5.74) is 7.97. The van der Waals surface area contributed by atoms with Crippen LogP contribution in [0.25, 0.3) is 11.0 Å². The Balaban J connectivity index is 2.55. The summed E-state index contributed by atoms with van der Waals surface area (Å²) in [4.78, 5) is 4.38. The van der Waals surface area contributed by atoms with Crippen molar-refractivity contribution >= 4 is 28.6 Å².